The highest BCUT2D eigenvalue weighted by atomic mass is 79.9. The van der Waals surface area contributed by atoms with E-state index in [9.17, 15) is 8.42 Å². The summed E-state index contributed by atoms with van der Waals surface area (Å²) in [5.41, 5.74) is 0.553. The van der Waals surface area contributed by atoms with E-state index in [1.807, 2.05) is 25.3 Å². The number of nitrogens with one attached hydrogen (secondary N) is 1. The van der Waals surface area contributed by atoms with E-state index in [0.717, 1.165) is 4.90 Å². The minimum atomic E-state index is -3.74. The Morgan fingerprint density at radius 1 is 1.23 bits per heavy atom. The normalized spacial score (nSPS) is 11.2. The molecule has 7 heteroatoms. The lowest BCUT2D eigenvalue weighted by Crippen LogP contribution is -2.15. The first kappa shape index (κ1) is 17.2. The van der Waals surface area contributed by atoms with Gasteiger partial charge in [-0.05, 0) is 43.5 Å². The van der Waals surface area contributed by atoms with Crippen molar-refractivity contribution < 1.29 is 13.2 Å². The summed E-state index contributed by atoms with van der Waals surface area (Å²) in [6.45, 7) is 2.21. The lowest BCUT2D eigenvalue weighted by molar-refractivity contribution is 0.331. The minimum Gasteiger partial charge on any atom is -0.492 e. The van der Waals surface area contributed by atoms with Crippen molar-refractivity contribution >= 4 is 43.4 Å². The molecule has 0 aliphatic heterocycles. The van der Waals surface area contributed by atoms with Gasteiger partial charge in [-0.15, -0.1) is 11.8 Å². The van der Waals surface area contributed by atoms with Crippen LogP contribution >= 0.6 is 27.7 Å². The van der Waals surface area contributed by atoms with Crippen LogP contribution in [0.15, 0.2) is 56.7 Å². The molecule has 0 aliphatic rings. The van der Waals surface area contributed by atoms with Crippen molar-refractivity contribution in [2.75, 3.05) is 17.6 Å². The second kappa shape index (κ2) is 7.39. The van der Waals surface area contributed by atoms with Gasteiger partial charge in [0.1, 0.15) is 10.6 Å². The quantitative estimate of drug-likeness (QED) is 0.729. The smallest absolute Gasteiger partial charge is 0.265 e. The summed E-state index contributed by atoms with van der Waals surface area (Å²) in [7, 11) is -3.74. The third kappa shape index (κ3) is 3.97. The van der Waals surface area contributed by atoms with E-state index >= 15 is 0 Å². The molecule has 0 aromatic heterocycles. The van der Waals surface area contributed by atoms with E-state index in [2.05, 4.69) is 20.7 Å². The van der Waals surface area contributed by atoms with Crippen LogP contribution in [-0.4, -0.2) is 21.3 Å². The molecule has 118 valence electrons. The second-order valence-corrected chi connectivity index (χ2v) is 7.74. The van der Waals surface area contributed by atoms with Gasteiger partial charge in [0.25, 0.3) is 10.0 Å². The van der Waals surface area contributed by atoms with Crippen molar-refractivity contribution in [2.45, 2.75) is 16.7 Å². The first-order valence-electron chi connectivity index (χ1n) is 6.56. The standard InChI is InChI=1S/C15H16BrNO3S2/c1-3-20-13-9-8-11(16)10-15(13)22(18,19)17-12-6-4-5-7-14(12)21-2/h4-10,17H,3H2,1-2H3. The molecule has 0 aliphatic carbocycles. The molecule has 0 radical (unpaired) electrons. The topological polar surface area (TPSA) is 55.4 Å². The molecule has 0 spiro atoms. The number of anilines is 1. The van der Waals surface area contributed by atoms with E-state index in [4.69, 9.17) is 4.74 Å². The van der Waals surface area contributed by atoms with Crippen molar-refractivity contribution in [3.8, 4) is 5.75 Å². The van der Waals surface area contributed by atoms with Crippen LogP contribution < -0.4 is 9.46 Å². The summed E-state index contributed by atoms with van der Waals surface area (Å²) < 4.78 is 34.1. The molecule has 0 saturated heterocycles. The number of benzene rings is 2. The fraction of sp³-hybridized carbons (Fsp3) is 0.200. The first-order chi connectivity index (χ1) is 10.5. The lowest BCUT2D eigenvalue weighted by Gasteiger charge is -2.14. The van der Waals surface area contributed by atoms with Crippen molar-refractivity contribution in [1.82, 2.24) is 0 Å². The Bertz CT molecular complexity index is 763. The molecule has 0 atom stereocenters. The van der Waals surface area contributed by atoms with Gasteiger partial charge in [-0.2, -0.15) is 0 Å². The summed E-state index contributed by atoms with van der Waals surface area (Å²) in [5.74, 6) is 0.333. The highest BCUT2D eigenvalue weighted by Crippen LogP contribution is 2.31. The highest BCUT2D eigenvalue weighted by Gasteiger charge is 2.21. The average molecular weight is 402 g/mol. The molecule has 0 fully saturated rings. The van der Waals surface area contributed by atoms with Crippen molar-refractivity contribution in [1.29, 1.82) is 0 Å². The highest BCUT2D eigenvalue weighted by molar-refractivity contribution is 9.10. The SMILES string of the molecule is CCOc1ccc(Br)cc1S(=O)(=O)Nc1ccccc1SC. The van der Waals surface area contributed by atoms with E-state index in [0.29, 0.717) is 22.5 Å². The molecule has 0 heterocycles. The van der Waals surface area contributed by atoms with Gasteiger partial charge in [0.05, 0.1) is 12.3 Å². The number of hydrogen-bond donors (Lipinski definition) is 1. The molecule has 0 amide bonds. The molecule has 1 N–H and O–H groups in total. The van der Waals surface area contributed by atoms with Crippen LogP contribution in [0.5, 0.6) is 5.75 Å². The summed E-state index contributed by atoms with van der Waals surface area (Å²) in [6.07, 6.45) is 1.90. The molecule has 0 bridgehead atoms. The van der Waals surface area contributed by atoms with Crippen LogP contribution in [0.25, 0.3) is 0 Å². The Labute approximate surface area is 143 Å². The molecule has 4 nitrogen and oxygen atoms in total. The molecule has 2 aromatic rings. The number of hydrogen-bond acceptors (Lipinski definition) is 4. The fourth-order valence-electron chi connectivity index (χ4n) is 1.90. The Morgan fingerprint density at radius 3 is 2.64 bits per heavy atom. The lowest BCUT2D eigenvalue weighted by atomic mass is 10.3. The van der Waals surface area contributed by atoms with E-state index in [1.54, 1.807) is 24.3 Å². The molecular formula is C15H16BrNO3S2. The van der Waals surface area contributed by atoms with Gasteiger partial charge in [-0.25, -0.2) is 8.42 Å². The molecule has 2 rings (SSSR count). The predicted molar refractivity (Wildman–Crippen MR) is 94.3 cm³/mol. The largest absolute Gasteiger partial charge is 0.492 e. The number of para-hydroxylation sites is 1. The van der Waals surface area contributed by atoms with E-state index in [-0.39, 0.29) is 4.90 Å². The molecule has 0 saturated carbocycles. The Balaban J connectivity index is 2.44. The van der Waals surface area contributed by atoms with Crippen LogP contribution in [0.2, 0.25) is 0 Å². The maximum absolute atomic E-state index is 12.7. The zero-order valence-electron chi connectivity index (χ0n) is 12.2. The van der Waals surface area contributed by atoms with Gasteiger partial charge in [0.2, 0.25) is 0 Å². The second-order valence-electron chi connectivity index (χ2n) is 4.33. The zero-order valence-corrected chi connectivity index (χ0v) is 15.4. The summed E-state index contributed by atoms with van der Waals surface area (Å²) in [4.78, 5) is 0.971. The average Bonchev–Trinajstić information content (AvgIpc) is 2.49. The monoisotopic (exact) mass is 401 g/mol. The zero-order chi connectivity index (χ0) is 16.2. The first-order valence-corrected chi connectivity index (χ1v) is 10.1. The van der Waals surface area contributed by atoms with Gasteiger partial charge < -0.3 is 4.74 Å². The van der Waals surface area contributed by atoms with Crippen LogP contribution in [0, 0.1) is 0 Å². The van der Waals surface area contributed by atoms with Gasteiger partial charge in [-0.1, -0.05) is 28.1 Å². The maximum Gasteiger partial charge on any atom is 0.265 e. The molecule has 2 aromatic carbocycles. The van der Waals surface area contributed by atoms with E-state index < -0.39 is 10.0 Å². The Hall–Kier alpha value is -1.18. The summed E-state index contributed by atoms with van der Waals surface area (Å²) >= 11 is 4.78. The number of sulfonamides is 1. The van der Waals surface area contributed by atoms with Crippen molar-refractivity contribution in [3.63, 3.8) is 0 Å². The summed E-state index contributed by atoms with van der Waals surface area (Å²) in [6, 6.07) is 12.2. The van der Waals surface area contributed by atoms with Gasteiger partial charge in [-0.3, -0.25) is 4.72 Å². The van der Waals surface area contributed by atoms with E-state index in [1.165, 1.54) is 17.8 Å². The maximum atomic E-state index is 12.7. The van der Waals surface area contributed by atoms with Crippen molar-refractivity contribution in [3.05, 3.63) is 46.9 Å². The van der Waals surface area contributed by atoms with Gasteiger partial charge in [0, 0.05) is 9.37 Å². The van der Waals surface area contributed by atoms with Crippen LogP contribution in [0.4, 0.5) is 5.69 Å². The van der Waals surface area contributed by atoms with Crippen LogP contribution in [-0.2, 0) is 10.0 Å². The third-order valence-electron chi connectivity index (χ3n) is 2.85. The molecular weight excluding hydrogens is 386 g/mol. The van der Waals surface area contributed by atoms with Crippen LogP contribution in [0.1, 0.15) is 6.92 Å². The Kier molecular flexibility index (Phi) is 5.77. The minimum absolute atomic E-state index is 0.111. The molecule has 0 unspecified atom stereocenters. The van der Waals surface area contributed by atoms with Gasteiger partial charge in [0.15, 0.2) is 0 Å². The predicted octanol–water partition coefficient (Wildman–Crippen LogP) is 4.37. The fourth-order valence-corrected chi connectivity index (χ4v) is 4.28. The van der Waals surface area contributed by atoms with Crippen molar-refractivity contribution in [2.24, 2.45) is 0 Å². The van der Waals surface area contributed by atoms with Gasteiger partial charge >= 0.3 is 0 Å². The third-order valence-corrected chi connectivity index (χ3v) is 5.52. The summed E-state index contributed by atoms with van der Waals surface area (Å²) in [5, 5.41) is 0. The van der Waals surface area contributed by atoms with Crippen LogP contribution in [0.3, 0.4) is 0 Å². The number of halogens is 1. The number of rotatable bonds is 6. The number of ether oxygens (including phenoxy) is 1. The number of thioether (sulfide) groups is 1. The molecule has 22 heavy (non-hydrogen) atoms. The Morgan fingerprint density at radius 2 is 1.95 bits per heavy atom.